The SMILES string of the molecule is CCCNC(Cc1nc(C2CCCS2)no1)C1CC1. The molecule has 19 heavy (non-hydrogen) atoms. The lowest BCUT2D eigenvalue weighted by Crippen LogP contribution is -2.33. The molecule has 1 saturated carbocycles. The Morgan fingerprint density at radius 1 is 1.42 bits per heavy atom. The van der Waals surface area contributed by atoms with Gasteiger partial charge < -0.3 is 9.84 Å². The molecule has 3 rings (SSSR count). The van der Waals surface area contributed by atoms with Crippen molar-refractivity contribution in [2.75, 3.05) is 12.3 Å². The predicted molar refractivity (Wildman–Crippen MR) is 77.2 cm³/mol. The minimum absolute atomic E-state index is 0.473. The van der Waals surface area contributed by atoms with Crippen LogP contribution in [0.4, 0.5) is 0 Å². The van der Waals surface area contributed by atoms with E-state index in [0.717, 1.165) is 30.6 Å². The van der Waals surface area contributed by atoms with Crippen LogP contribution < -0.4 is 5.32 Å². The zero-order valence-corrected chi connectivity index (χ0v) is 12.4. The first kappa shape index (κ1) is 13.4. The highest BCUT2D eigenvalue weighted by Gasteiger charge is 2.32. The van der Waals surface area contributed by atoms with Crippen LogP contribution in [0.25, 0.3) is 0 Å². The van der Waals surface area contributed by atoms with E-state index in [1.54, 1.807) is 0 Å². The Morgan fingerprint density at radius 2 is 2.32 bits per heavy atom. The Balaban J connectivity index is 1.58. The Hall–Kier alpha value is -0.550. The molecule has 1 aliphatic carbocycles. The average molecular weight is 281 g/mol. The highest BCUT2D eigenvalue weighted by molar-refractivity contribution is 7.99. The molecule has 106 valence electrons. The fourth-order valence-electron chi connectivity index (χ4n) is 2.68. The van der Waals surface area contributed by atoms with Gasteiger partial charge in [-0.3, -0.25) is 0 Å². The van der Waals surface area contributed by atoms with Crippen LogP contribution in [0.3, 0.4) is 0 Å². The van der Waals surface area contributed by atoms with Gasteiger partial charge in [-0.15, -0.1) is 0 Å². The predicted octanol–water partition coefficient (Wildman–Crippen LogP) is 2.96. The van der Waals surface area contributed by atoms with Gasteiger partial charge in [0.05, 0.1) is 5.25 Å². The van der Waals surface area contributed by atoms with Crippen molar-refractivity contribution in [1.82, 2.24) is 15.5 Å². The molecule has 4 nitrogen and oxygen atoms in total. The Bertz CT molecular complexity index is 399. The van der Waals surface area contributed by atoms with Crippen LogP contribution in [-0.4, -0.2) is 28.5 Å². The molecule has 5 heteroatoms. The minimum Gasteiger partial charge on any atom is -0.339 e. The van der Waals surface area contributed by atoms with Gasteiger partial charge in [-0.1, -0.05) is 12.1 Å². The highest BCUT2D eigenvalue weighted by Crippen LogP contribution is 2.38. The van der Waals surface area contributed by atoms with E-state index in [1.807, 2.05) is 11.8 Å². The maximum absolute atomic E-state index is 5.45. The average Bonchev–Trinajstić information content (AvgIpc) is 2.93. The van der Waals surface area contributed by atoms with Crippen LogP contribution in [0.1, 0.15) is 56.0 Å². The van der Waals surface area contributed by atoms with E-state index in [1.165, 1.54) is 37.9 Å². The van der Waals surface area contributed by atoms with Crippen LogP contribution in [0, 0.1) is 5.92 Å². The van der Waals surface area contributed by atoms with Gasteiger partial charge in [0.2, 0.25) is 5.89 Å². The van der Waals surface area contributed by atoms with Gasteiger partial charge in [-0.25, -0.2) is 0 Å². The molecule has 1 aromatic heterocycles. The van der Waals surface area contributed by atoms with Gasteiger partial charge in [0.25, 0.3) is 0 Å². The van der Waals surface area contributed by atoms with Crippen molar-refractivity contribution in [1.29, 1.82) is 0 Å². The number of rotatable bonds is 7. The molecule has 0 bridgehead atoms. The topological polar surface area (TPSA) is 51.0 Å². The van der Waals surface area contributed by atoms with Crippen molar-refractivity contribution in [2.24, 2.45) is 5.92 Å². The molecule has 0 radical (unpaired) electrons. The molecule has 2 heterocycles. The molecular formula is C14H23N3OS. The lowest BCUT2D eigenvalue weighted by atomic mass is 10.1. The normalized spacial score (nSPS) is 24.8. The van der Waals surface area contributed by atoms with E-state index in [9.17, 15) is 0 Å². The van der Waals surface area contributed by atoms with E-state index in [0.29, 0.717) is 11.3 Å². The number of aromatic nitrogens is 2. The van der Waals surface area contributed by atoms with Crippen molar-refractivity contribution >= 4 is 11.8 Å². The van der Waals surface area contributed by atoms with E-state index < -0.39 is 0 Å². The van der Waals surface area contributed by atoms with E-state index in [-0.39, 0.29) is 0 Å². The van der Waals surface area contributed by atoms with Crippen molar-refractivity contribution in [2.45, 2.75) is 56.7 Å². The van der Waals surface area contributed by atoms with Crippen LogP contribution >= 0.6 is 11.8 Å². The Morgan fingerprint density at radius 3 is 3.00 bits per heavy atom. The first-order valence-electron chi connectivity index (χ1n) is 7.54. The minimum atomic E-state index is 0.473. The summed E-state index contributed by atoms with van der Waals surface area (Å²) in [7, 11) is 0. The monoisotopic (exact) mass is 281 g/mol. The lowest BCUT2D eigenvalue weighted by molar-refractivity contribution is 0.342. The van der Waals surface area contributed by atoms with Crippen molar-refractivity contribution in [3.05, 3.63) is 11.7 Å². The molecule has 0 spiro atoms. The first-order chi connectivity index (χ1) is 9.36. The van der Waals surface area contributed by atoms with Crippen molar-refractivity contribution in [3.63, 3.8) is 0 Å². The standard InChI is InChI=1S/C14H23N3OS/c1-2-7-15-11(10-5-6-10)9-13-16-14(17-18-13)12-4-3-8-19-12/h10-12,15H,2-9H2,1H3. The smallest absolute Gasteiger partial charge is 0.228 e. The summed E-state index contributed by atoms with van der Waals surface area (Å²) in [6, 6.07) is 0.532. The summed E-state index contributed by atoms with van der Waals surface area (Å²) in [6.07, 6.45) is 7.25. The molecule has 2 atom stereocenters. The fraction of sp³-hybridized carbons (Fsp3) is 0.857. The third kappa shape index (κ3) is 3.51. The molecule has 1 saturated heterocycles. The number of hydrogen-bond donors (Lipinski definition) is 1. The lowest BCUT2D eigenvalue weighted by Gasteiger charge is -2.15. The van der Waals surface area contributed by atoms with Crippen LogP contribution in [0.15, 0.2) is 4.52 Å². The number of nitrogens with one attached hydrogen (secondary N) is 1. The third-order valence-electron chi connectivity index (χ3n) is 3.94. The summed E-state index contributed by atoms with van der Waals surface area (Å²) in [6.45, 7) is 3.29. The Kier molecular flexibility index (Phi) is 4.43. The van der Waals surface area contributed by atoms with Crippen molar-refractivity contribution < 1.29 is 4.52 Å². The van der Waals surface area contributed by atoms with E-state index in [2.05, 4.69) is 22.4 Å². The quantitative estimate of drug-likeness (QED) is 0.832. The van der Waals surface area contributed by atoms with Gasteiger partial charge >= 0.3 is 0 Å². The van der Waals surface area contributed by atoms with Gasteiger partial charge in [0.15, 0.2) is 5.82 Å². The summed E-state index contributed by atoms with van der Waals surface area (Å²) in [4.78, 5) is 4.61. The second-order valence-corrected chi connectivity index (χ2v) is 6.96. The van der Waals surface area contributed by atoms with E-state index in [4.69, 9.17) is 4.52 Å². The molecule has 2 unspecified atom stereocenters. The largest absolute Gasteiger partial charge is 0.339 e. The summed E-state index contributed by atoms with van der Waals surface area (Å²) >= 11 is 1.96. The van der Waals surface area contributed by atoms with Gasteiger partial charge in [-0.05, 0) is 50.3 Å². The highest BCUT2D eigenvalue weighted by atomic mass is 32.2. The third-order valence-corrected chi connectivity index (χ3v) is 5.32. The van der Waals surface area contributed by atoms with Crippen LogP contribution in [0.2, 0.25) is 0 Å². The number of thioether (sulfide) groups is 1. The van der Waals surface area contributed by atoms with Gasteiger partial charge in [0.1, 0.15) is 0 Å². The van der Waals surface area contributed by atoms with Crippen LogP contribution in [-0.2, 0) is 6.42 Å². The summed E-state index contributed by atoms with van der Waals surface area (Å²) in [5.74, 6) is 3.80. The summed E-state index contributed by atoms with van der Waals surface area (Å²) < 4.78 is 5.45. The molecule has 1 aromatic rings. The summed E-state index contributed by atoms with van der Waals surface area (Å²) in [5.41, 5.74) is 0. The molecule has 1 N–H and O–H groups in total. The number of nitrogens with zero attached hydrogens (tertiary/aromatic N) is 2. The second kappa shape index (κ2) is 6.27. The molecule has 2 aliphatic rings. The maximum atomic E-state index is 5.45. The number of hydrogen-bond acceptors (Lipinski definition) is 5. The van der Waals surface area contributed by atoms with Gasteiger partial charge in [-0.2, -0.15) is 16.7 Å². The molecule has 0 aromatic carbocycles. The van der Waals surface area contributed by atoms with Crippen LogP contribution in [0.5, 0.6) is 0 Å². The molecule has 1 aliphatic heterocycles. The summed E-state index contributed by atoms with van der Waals surface area (Å²) in [5, 5.41) is 8.27. The fourth-order valence-corrected chi connectivity index (χ4v) is 3.88. The molecule has 2 fully saturated rings. The van der Waals surface area contributed by atoms with E-state index >= 15 is 0 Å². The zero-order chi connectivity index (χ0) is 13.1. The maximum Gasteiger partial charge on any atom is 0.228 e. The van der Waals surface area contributed by atoms with Gasteiger partial charge in [0, 0.05) is 12.5 Å². The molecule has 0 amide bonds. The Labute approximate surface area is 119 Å². The second-order valence-electron chi connectivity index (χ2n) is 5.65. The first-order valence-corrected chi connectivity index (χ1v) is 8.59. The zero-order valence-electron chi connectivity index (χ0n) is 11.6. The van der Waals surface area contributed by atoms with Crippen molar-refractivity contribution in [3.8, 4) is 0 Å². The molecular weight excluding hydrogens is 258 g/mol.